The van der Waals surface area contributed by atoms with E-state index in [2.05, 4.69) is 68.4 Å². The third-order valence-corrected chi connectivity index (χ3v) is 5.06. The molecule has 1 atom stereocenters. The molecular weight excluding hydrogens is 256 g/mol. The van der Waals surface area contributed by atoms with E-state index in [4.69, 9.17) is 0 Å². The minimum Gasteiger partial charge on any atom is -0.313 e. The molecule has 1 aliphatic rings. The largest absolute Gasteiger partial charge is 0.313 e. The Labute approximate surface area is 130 Å². The molecule has 1 saturated carbocycles. The molecule has 1 aromatic rings. The Hall–Kier alpha value is -0.860. The molecule has 1 aromatic carbocycles. The van der Waals surface area contributed by atoms with Gasteiger partial charge in [-0.2, -0.15) is 0 Å². The molecule has 1 aliphatic carbocycles. The summed E-state index contributed by atoms with van der Waals surface area (Å²) in [6.07, 6.45) is 5.60. The first-order chi connectivity index (χ1) is 10.1. The van der Waals surface area contributed by atoms with Crippen molar-refractivity contribution < 1.29 is 0 Å². The minimum atomic E-state index is 0.217. The third-order valence-electron chi connectivity index (χ3n) is 5.06. The quantitative estimate of drug-likeness (QED) is 0.807. The fourth-order valence-corrected chi connectivity index (χ4v) is 4.04. The van der Waals surface area contributed by atoms with Gasteiger partial charge in [-0.1, -0.05) is 63.9 Å². The molecule has 1 N–H and O–H groups in total. The summed E-state index contributed by atoms with van der Waals surface area (Å²) in [5.41, 5.74) is 1.61. The summed E-state index contributed by atoms with van der Waals surface area (Å²) >= 11 is 0. The van der Waals surface area contributed by atoms with E-state index in [9.17, 15) is 0 Å². The molecule has 118 valence electrons. The van der Waals surface area contributed by atoms with Crippen LogP contribution >= 0.6 is 0 Å². The van der Waals surface area contributed by atoms with Gasteiger partial charge in [0.05, 0.1) is 0 Å². The maximum Gasteiger partial charge on any atom is 0.0381 e. The number of rotatable bonds is 7. The summed E-state index contributed by atoms with van der Waals surface area (Å²) in [4.78, 5) is 2.71. The van der Waals surface area contributed by atoms with Gasteiger partial charge in [-0.05, 0) is 37.4 Å². The second kappa shape index (κ2) is 7.42. The lowest BCUT2D eigenvalue weighted by atomic mass is 9.79. The van der Waals surface area contributed by atoms with Crippen molar-refractivity contribution >= 4 is 0 Å². The minimum absolute atomic E-state index is 0.217. The summed E-state index contributed by atoms with van der Waals surface area (Å²) in [5.74, 6) is 0. The molecular formula is C19H32N2. The van der Waals surface area contributed by atoms with Crippen molar-refractivity contribution in [3.63, 3.8) is 0 Å². The maximum atomic E-state index is 3.55. The van der Waals surface area contributed by atoms with Crippen LogP contribution in [0.1, 0.15) is 58.1 Å². The third kappa shape index (κ3) is 4.08. The lowest BCUT2D eigenvalue weighted by Gasteiger charge is -2.41. The first-order valence-electron chi connectivity index (χ1n) is 8.54. The van der Waals surface area contributed by atoms with Crippen molar-refractivity contribution in [3.8, 4) is 0 Å². The summed E-state index contributed by atoms with van der Waals surface area (Å²) < 4.78 is 0. The Bertz CT molecular complexity index is 407. The Kier molecular flexibility index (Phi) is 5.83. The summed E-state index contributed by atoms with van der Waals surface area (Å²) in [7, 11) is 2.09. The summed E-state index contributed by atoms with van der Waals surface area (Å²) in [6, 6.07) is 12.1. The Morgan fingerprint density at radius 2 is 1.81 bits per heavy atom. The van der Waals surface area contributed by atoms with Gasteiger partial charge in [0.25, 0.3) is 0 Å². The van der Waals surface area contributed by atoms with Gasteiger partial charge in [0.15, 0.2) is 0 Å². The highest BCUT2D eigenvalue weighted by Crippen LogP contribution is 2.35. The fraction of sp³-hybridized carbons (Fsp3) is 0.684. The lowest BCUT2D eigenvalue weighted by molar-refractivity contribution is 0.109. The van der Waals surface area contributed by atoms with E-state index in [0.717, 1.165) is 12.6 Å². The highest BCUT2D eigenvalue weighted by Gasteiger charge is 2.33. The molecule has 0 saturated heterocycles. The van der Waals surface area contributed by atoms with Crippen LogP contribution in [-0.4, -0.2) is 31.1 Å². The van der Waals surface area contributed by atoms with Crippen molar-refractivity contribution in [3.05, 3.63) is 35.9 Å². The number of nitrogens with zero attached hydrogens (tertiary/aromatic N) is 1. The predicted molar refractivity (Wildman–Crippen MR) is 91.5 cm³/mol. The molecule has 21 heavy (non-hydrogen) atoms. The predicted octanol–water partition coefficient (Wildman–Crippen LogP) is 4.24. The van der Waals surface area contributed by atoms with Crippen LogP contribution in [0.5, 0.6) is 0 Å². The van der Waals surface area contributed by atoms with Gasteiger partial charge < -0.3 is 10.2 Å². The van der Waals surface area contributed by atoms with Gasteiger partial charge >= 0.3 is 0 Å². The Balaban J connectivity index is 2.10. The van der Waals surface area contributed by atoms with Crippen LogP contribution in [0.4, 0.5) is 0 Å². The second-order valence-corrected chi connectivity index (χ2v) is 7.12. The molecule has 2 heteroatoms. The highest BCUT2D eigenvalue weighted by atomic mass is 15.2. The van der Waals surface area contributed by atoms with Crippen LogP contribution in [0.15, 0.2) is 30.3 Å². The number of hydrogen-bond acceptors (Lipinski definition) is 2. The molecule has 0 heterocycles. The molecule has 0 radical (unpaired) electrons. The Morgan fingerprint density at radius 3 is 2.33 bits per heavy atom. The van der Waals surface area contributed by atoms with Crippen LogP contribution in [0, 0.1) is 5.41 Å². The molecule has 1 fully saturated rings. The van der Waals surface area contributed by atoms with Crippen molar-refractivity contribution in [2.75, 3.05) is 20.1 Å². The summed E-state index contributed by atoms with van der Waals surface area (Å²) in [6.45, 7) is 9.44. The standard InChI is InChI=1S/C19H32N2/c1-5-21(17-13-9-10-14-17)15-19(2,3)18(20-4)16-11-7-6-8-12-16/h6-8,11-12,17-18,20H,5,9-10,13-15H2,1-4H3. The van der Waals surface area contributed by atoms with Crippen molar-refractivity contribution in [1.82, 2.24) is 10.2 Å². The van der Waals surface area contributed by atoms with Crippen LogP contribution in [0.2, 0.25) is 0 Å². The smallest absolute Gasteiger partial charge is 0.0381 e. The number of hydrogen-bond donors (Lipinski definition) is 1. The van der Waals surface area contributed by atoms with Gasteiger partial charge in [-0.15, -0.1) is 0 Å². The molecule has 0 aromatic heterocycles. The SMILES string of the molecule is CCN(CC(C)(C)C(NC)c1ccccc1)C1CCCC1. The molecule has 0 bridgehead atoms. The summed E-state index contributed by atoms with van der Waals surface area (Å²) in [5, 5.41) is 3.55. The van der Waals surface area contributed by atoms with E-state index in [0.29, 0.717) is 6.04 Å². The number of nitrogens with one attached hydrogen (secondary N) is 1. The van der Waals surface area contributed by atoms with E-state index < -0.39 is 0 Å². The lowest BCUT2D eigenvalue weighted by Crippen LogP contribution is -2.45. The van der Waals surface area contributed by atoms with Gasteiger partial charge in [-0.25, -0.2) is 0 Å². The van der Waals surface area contributed by atoms with E-state index in [1.54, 1.807) is 0 Å². The molecule has 2 rings (SSSR count). The topological polar surface area (TPSA) is 15.3 Å². The Morgan fingerprint density at radius 1 is 1.19 bits per heavy atom. The first kappa shape index (κ1) is 16.5. The van der Waals surface area contributed by atoms with Crippen molar-refractivity contribution in [2.24, 2.45) is 5.41 Å². The maximum absolute atomic E-state index is 3.55. The average molecular weight is 288 g/mol. The van der Waals surface area contributed by atoms with Crippen LogP contribution in [0.25, 0.3) is 0 Å². The van der Waals surface area contributed by atoms with Crippen LogP contribution < -0.4 is 5.32 Å². The van der Waals surface area contributed by atoms with Crippen LogP contribution in [0.3, 0.4) is 0 Å². The second-order valence-electron chi connectivity index (χ2n) is 7.12. The monoisotopic (exact) mass is 288 g/mol. The van der Waals surface area contributed by atoms with Gasteiger partial charge in [0.2, 0.25) is 0 Å². The van der Waals surface area contributed by atoms with E-state index in [1.807, 2.05) is 0 Å². The van der Waals surface area contributed by atoms with Gasteiger partial charge in [-0.3, -0.25) is 0 Å². The van der Waals surface area contributed by atoms with Gasteiger partial charge in [0.1, 0.15) is 0 Å². The molecule has 0 spiro atoms. The highest BCUT2D eigenvalue weighted by molar-refractivity contribution is 5.21. The van der Waals surface area contributed by atoms with Gasteiger partial charge in [0, 0.05) is 18.6 Å². The van der Waals surface area contributed by atoms with Crippen molar-refractivity contribution in [1.29, 1.82) is 0 Å². The zero-order valence-electron chi connectivity index (χ0n) is 14.2. The molecule has 0 aliphatic heterocycles. The molecule has 0 amide bonds. The number of benzene rings is 1. The van der Waals surface area contributed by atoms with E-state index in [-0.39, 0.29) is 5.41 Å². The van der Waals surface area contributed by atoms with Crippen molar-refractivity contribution in [2.45, 2.75) is 58.5 Å². The van der Waals surface area contributed by atoms with E-state index in [1.165, 1.54) is 37.8 Å². The van der Waals surface area contributed by atoms with E-state index >= 15 is 0 Å². The first-order valence-corrected chi connectivity index (χ1v) is 8.54. The molecule has 1 unspecified atom stereocenters. The molecule has 2 nitrogen and oxygen atoms in total. The van der Waals surface area contributed by atoms with Crippen LogP contribution in [-0.2, 0) is 0 Å². The normalized spacial score (nSPS) is 18.3. The average Bonchev–Trinajstić information content (AvgIpc) is 3.00. The zero-order valence-corrected chi connectivity index (χ0v) is 14.2. The zero-order chi connectivity index (χ0) is 15.3. The fourth-order valence-electron chi connectivity index (χ4n) is 4.04.